The molecule has 0 aliphatic carbocycles. The molecule has 0 aromatic heterocycles. The molecule has 2 saturated heterocycles. The van der Waals surface area contributed by atoms with E-state index in [0.717, 1.165) is 6.42 Å². The van der Waals surface area contributed by atoms with Crippen LogP contribution in [0.3, 0.4) is 0 Å². The van der Waals surface area contributed by atoms with E-state index < -0.39 is 18.3 Å². The van der Waals surface area contributed by atoms with Crippen LogP contribution in [0.1, 0.15) is 40.5 Å². The Balaban J connectivity index is 2.00. The number of nitrogens with zero attached hydrogens (tertiary/aromatic N) is 1. The van der Waals surface area contributed by atoms with Gasteiger partial charge in [-0.1, -0.05) is 0 Å². The molecular formula is C16H21BFNO3. The number of halogens is 1. The Hall–Kier alpha value is -1.40. The first-order chi connectivity index (χ1) is 10.2. The second-order valence-electron chi connectivity index (χ2n) is 6.94. The number of benzene rings is 1. The van der Waals surface area contributed by atoms with Gasteiger partial charge in [-0.05, 0) is 52.3 Å². The fourth-order valence-electron chi connectivity index (χ4n) is 2.83. The minimum absolute atomic E-state index is 0.0596. The smallest absolute Gasteiger partial charge is 0.399 e. The number of hydrogen-bond acceptors (Lipinski definition) is 3. The number of rotatable bonds is 2. The minimum atomic E-state index is -0.677. The highest BCUT2D eigenvalue weighted by Gasteiger charge is 2.52. The zero-order valence-corrected chi connectivity index (χ0v) is 13.5. The van der Waals surface area contributed by atoms with Crippen molar-refractivity contribution in [3.8, 4) is 0 Å². The van der Waals surface area contributed by atoms with E-state index in [9.17, 15) is 9.18 Å². The Morgan fingerprint density at radius 1 is 1.18 bits per heavy atom. The molecule has 2 fully saturated rings. The van der Waals surface area contributed by atoms with Crippen molar-refractivity contribution in [2.45, 2.75) is 51.7 Å². The van der Waals surface area contributed by atoms with Gasteiger partial charge in [-0.2, -0.15) is 0 Å². The van der Waals surface area contributed by atoms with Crippen molar-refractivity contribution in [1.82, 2.24) is 0 Å². The normalized spacial score (nSPS) is 23.4. The van der Waals surface area contributed by atoms with E-state index in [2.05, 4.69) is 0 Å². The Kier molecular flexibility index (Phi) is 3.57. The van der Waals surface area contributed by atoms with Crippen LogP contribution in [0.5, 0.6) is 0 Å². The molecule has 1 amide bonds. The summed E-state index contributed by atoms with van der Waals surface area (Å²) in [4.78, 5) is 13.7. The van der Waals surface area contributed by atoms with E-state index >= 15 is 0 Å². The largest absolute Gasteiger partial charge is 0.497 e. The zero-order chi connectivity index (χ0) is 16.1. The van der Waals surface area contributed by atoms with Crippen molar-refractivity contribution in [1.29, 1.82) is 0 Å². The van der Waals surface area contributed by atoms with Crippen molar-refractivity contribution in [2.75, 3.05) is 11.4 Å². The van der Waals surface area contributed by atoms with E-state index in [1.54, 1.807) is 11.0 Å². The summed E-state index contributed by atoms with van der Waals surface area (Å²) < 4.78 is 25.8. The molecule has 0 saturated carbocycles. The maximum Gasteiger partial charge on any atom is 0.497 e. The maximum absolute atomic E-state index is 13.8. The fourth-order valence-corrected chi connectivity index (χ4v) is 2.83. The van der Waals surface area contributed by atoms with Crippen LogP contribution in [-0.4, -0.2) is 30.8 Å². The predicted molar refractivity (Wildman–Crippen MR) is 83.7 cm³/mol. The van der Waals surface area contributed by atoms with Gasteiger partial charge in [0.05, 0.1) is 11.2 Å². The van der Waals surface area contributed by atoms with Crippen LogP contribution in [0.4, 0.5) is 10.1 Å². The predicted octanol–water partition coefficient (Wildman–Crippen LogP) is 2.25. The lowest BCUT2D eigenvalue weighted by Gasteiger charge is -2.32. The number of carbonyl (C=O) groups excluding carboxylic acids is 1. The van der Waals surface area contributed by atoms with Gasteiger partial charge in [-0.15, -0.1) is 0 Å². The minimum Gasteiger partial charge on any atom is -0.399 e. The van der Waals surface area contributed by atoms with Crippen LogP contribution in [0.25, 0.3) is 0 Å². The van der Waals surface area contributed by atoms with Crippen LogP contribution in [0.15, 0.2) is 18.2 Å². The number of anilines is 1. The Bertz CT molecular complexity index is 601. The molecule has 2 aliphatic heterocycles. The van der Waals surface area contributed by atoms with Gasteiger partial charge in [0.2, 0.25) is 5.91 Å². The molecule has 2 aliphatic rings. The first-order valence-electron chi connectivity index (χ1n) is 7.67. The summed E-state index contributed by atoms with van der Waals surface area (Å²) in [6, 6.07) is 4.41. The third kappa shape index (κ3) is 2.44. The van der Waals surface area contributed by atoms with Crippen LogP contribution in [-0.2, 0) is 14.1 Å². The molecular weight excluding hydrogens is 284 g/mol. The summed E-state index contributed by atoms with van der Waals surface area (Å²) in [6.07, 6.45) is 1.35. The quantitative estimate of drug-likeness (QED) is 0.787. The number of carbonyl (C=O) groups is 1. The fraction of sp³-hybridized carbons (Fsp3) is 0.562. The highest BCUT2D eigenvalue weighted by molar-refractivity contribution is 6.64. The van der Waals surface area contributed by atoms with Gasteiger partial charge in [-0.25, -0.2) is 4.39 Å². The molecule has 22 heavy (non-hydrogen) atoms. The van der Waals surface area contributed by atoms with E-state index in [1.165, 1.54) is 12.1 Å². The molecule has 6 heteroatoms. The van der Waals surface area contributed by atoms with Gasteiger partial charge in [0, 0.05) is 24.1 Å². The van der Waals surface area contributed by atoms with Crippen LogP contribution in [0, 0.1) is 5.82 Å². The molecule has 1 aromatic carbocycles. The van der Waals surface area contributed by atoms with Crippen molar-refractivity contribution in [3.05, 3.63) is 24.0 Å². The Morgan fingerprint density at radius 3 is 2.36 bits per heavy atom. The summed E-state index contributed by atoms with van der Waals surface area (Å²) in [7, 11) is -0.677. The molecule has 118 valence electrons. The summed E-state index contributed by atoms with van der Waals surface area (Å²) in [5.41, 5.74) is 0.253. The van der Waals surface area contributed by atoms with Crippen molar-refractivity contribution < 1.29 is 18.5 Å². The van der Waals surface area contributed by atoms with E-state index in [4.69, 9.17) is 9.31 Å². The van der Waals surface area contributed by atoms with E-state index in [-0.39, 0.29) is 11.7 Å². The Morgan fingerprint density at radius 2 is 1.82 bits per heavy atom. The van der Waals surface area contributed by atoms with Crippen molar-refractivity contribution >= 4 is 24.2 Å². The highest BCUT2D eigenvalue weighted by atomic mass is 19.1. The molecule has 0 radical (unpaired) electrons. The molecule has 1 aromatic rings. The first-order valence-corrected chi connectivity index (χ1v) is 7.67. The first kappa shape index (κ1) is 15.5. The lowest BCUT2D eigenvalue weighted by molar-refractivity contribution is -0.117. The lowest BCUT2D eigenvalue weighted by atomic mass is 9.77. The van der Waals surface area contributed by atoms with Gasteiger partial charge < -0.3 is 14.2 Å². The van der Waals surface area contributed by atoms with Gasteiger partial charge in [0.1, 0.15) is 5.82 Å². The van der Waals surface area contributed by atoms with Crippen LogP contribution < -0.4 is 10.4 Å². The summed E-state index contributed by atoms with van der Waals surface area (Å²) in [6.45, 7) is 8.46. The van der Waals surface area contributed by atoms with Crippen LogP contribution in [0.2, 0.25) is 0 Å². The summed E-state index contributed by atoms with van der Waals surface area (Å²) in [5.74, 6) is -0.301. The number of hydrogen-bond donors (Lipinski definition) is 0. The average molecular weight is 305 g/mol. The SMILES string of the molecule is CC1(C)OB(c2cc(F)ccc2N2CCCC2=O)OC1(C)C. The van der Waals surface area contributed by atoms with E-state index in [0.29, 0.717) is 24.1 Å². The van der Waals surface area contributed by atoms with Crippen molar-refractivity contribution in [3.63, 3.8) is 0 Å². The molecule has 3 rings (SSSR count). The topological polar surface area (TPSA) is 38.8 Å². The summed E-state index contributed by atoms with van der Waals surface area (Å²) >= 11 is 0. The summed E-state index contributed by atoms with van der Waals surface area (Å²) in [5, 5.41) is 0. The van der Waals surface area contributed by atoms with Crippen LogP contribution >= 0.6 is 0 Å². The van der Waals surface area contributed by atoms with E-state index in [1.807, 2.05) is 27.7 Å². The molecule has 0 N–H and O–H groups in total. The highest BCUT2D eigenvalue weighted by Crippen LogP contribution is 2.37. The zero-order valence-electron chi connectivity index (χ0n) is 13.5. The van der Waals surface area contributed by atoms with Gasteiger partial charge in [0.15, 0.2) is 0 Å². The maximum atomic E-state index is 13.8. The monoisotopic (exact) mass is 305 g/mol. The second-order valence-corrected chi connectivity index (χ2v) is 6.94. The Labute approximate surface area is 130 Å². The van der Waals surface area contributed by atoms with Gasteiger partial charge in [0.25, 0.3) is 0 Å². The molecule has 0 unspecified atom stereocenters. The second kappa shape index (κ2) is 5.06. The van der Waals surface area contributed by atoms with Gasteiger partial charge in [-0.3, -0.25) is 4.79 Å². The lowest BCUT2D eigenvalue weighted by Crippen LogP contribution is -2.41. The molecule has 0 atom stereocenters. The standard InChI is InChI=1S/C16H21BFNO3/c1-15(2)16(3,4)22-17(21-15)12-10-11(18)7-8-13(12)19-9-5-6-14(19)20/h7-8,10H,5-6,9H2,1-4H3. The molecule has 2 heterocycles. The third-order valence-electron chi connectivity index (χ3n) is 4.86. The molecule has 4 nitrogen and oxygen atoms in total. The number of amides is 1. The molecule has 0 bridgehead atoms. The average Bonchev–Trinajstić information content (AvgIpc) is 2.91. The van der Waals surface area contributed by atoms with Crippen molar-refractivity contribution in [2.24, 2.45) is 0 Å². The molecule has 0 spiro atoms. The van der Waals surface area contributed by atoms with Gasteiger partial charge >= 0.3 is 7.12 Å². The third-order valence-corrected chi connectivity index (χ3v) is 4.86.